The molecule has 2 aromatic carbocycles. The molecule has 0 fully saturated rings. The first-order chi connectivity index (χ1) is 8.88. The minimum atomic E-state index is -4.19. The summed E-state index contributed by atoms with van der Waals surface area (Å²) in [6.45, 7) is 3.18. The van der Waals surface area contributed by atoms with Gasteiger partial charge in [0.15, 0.2) is 0 Å². The largest absolute Gasteiger partial charge is 0.395 e. The van der Waals surface area contributed by atoms with Crippen molar-refractivity contribution in [2.24, 2.45) is 0 Å². The van der Waals surface area contributed by atoms with Gasteiger partial charge in [0.1, 0.15) is 0 Å². The molecule has 0 aliphatic heterocycles. The van der Waals surface area contributed by atoms with Gasteiger partial charge in [0.05, 0.1) is 5.92 Å². The summed E-state index contributed by atoms with van der Waals surface area (Å²) in [6, 6.07) is 14.5. The highest BCUT2D eigenvalue weighted by Gasteiger charge is 2.36. The maximum absolute atomic E-state index is 12.6. The fourth-order valence-electron chi connectivity index (χ4n) is 1.90. The van der Waals surface area contributed by atoms with Crippen molar-refractivity contribution < 1.29 is 13.2 Å². The van der Waals surface area contributed by atoms with Crippen molar-refractivity contribution in [3.8, 4) is 11.1 Å². The second-order valence-corrected chi connectivity index (χ2v) is 4.75. The molecular formula is C16H15F3. The van der Waals surface area contributed by atoms with Crippen molar-refractivity contribution in [1.82, 2.24) is 0 Å². The van der Waals surface area contributed by atoms with E-state index in [1.165, 1.54) is 6.92 Å². The zero-order chi connectivity index (χ0) is 14.0. The molecule has 0 spiro atoms. The maximum Gasteiger partial charge on any atom is 0.395 e. The van der Waals surface area contributed by atoms with Gasteiger partial charge in [0, 0.05) is 0 Å². The zero-order valence-electron chi connectivity index (χ0n) is 10.8. The summed E-state index contributed by atoms with van der Waals surface area (Å²) >= 11 is 0. The SMILES string of the molecule is Cc1ccc(-c2ccc(C(C)C(F)(F)F)cc2)cc1. The molecule has 0 saturated heterocycles. The van der Waals surface area contributed by atoms with Crippen molar-refractivity contribution in [3.63, 3.8) is 0 Å². The molecule has 0 aliphatic rings. The molecule has 1 atom stereocenters. The van der Waals surface area contributed by atoms with Crippen molar-refractivity contribution in [2.75, 3.05) is 0 Å². The summed E-state index contributed by atoms with van der Waals surface area (Å²) in [5.41, 5.74) is 3.39. The predicted octanol–water partition coefficient (Wildman–Crippen LogP) is 5.33. The third-order valence-electron chi connectivity index (χ3n) is 3.29. The minimum absolute atomic E-state index is 0.295. The molecule has 1 unspecified atom stereocenters. The summed E-state index contributed by atoms with van der Waals surface area (Å²) in [5, 5.41) is 0. The normalized spacial score (nSPS) is 13.3. The van der Waals surface area contributed by atoms with Gasteiger partial charge in [-0.15, -0.1) is 0 Å². The number of hydrogen-bond acceptors (Lipinski definition) is 0. The highest BCUT2D eigenvalue weighted by molar-refractivity contribution is 5.64. The van der Waals surface area contributed by atoms with Gasteiger partial charge in [0.25, 0.3) is 0 Å². The van der Waals surface area contributed by atoms with E-state index >= 15 is 0 Å². The average molecular weight is 264 g/mol. The minimum Gasteiger partial charge on any atom is -0.170 e. The third kappa shape index (κ3) is 3.16. The Morgan fingerprint density at radius 1 is 0.789 bits per heavy atom. The van der Waals surface area contributed by atoms with E-state index < -0.39 is 12.1 Å². The molecule has 0 radical (unpaired) electrons. The molecule has 0 amide bonds. The Morgan fingerprint density at radius 3 is 1.63 bits per heavy atom. The van der Waals surface area contributed by atoms with Crippen LogP contribution in [0.25, 0.3) is 11.1 Å². The predicted molar refractivity (Wildman–Crippen MR) is 71.1 cm³/mol. The van der Waals surface area contributed by atoms with Gasteiger partial charge < -0.3 is 0 Å². The molecule has 0 nitrogen and oxygen atoms in total. The van der Waals surface area contributed by atoms with Crippen LogP contribution in [0.3, 0.4) is 0 Å². The fraction of sp³-hybridized carbons (Fsp3) is 0.250. The molecule has 0 saturated carbocycles. The standard InChI is InChI=1S/C16H15F3/c1-11-3-5-14(6-4-11)15-9-7-13(8-10-15)12(2)16(17,18)19/h3-10,12H,1-2H3. The first-order valence-corrected chi connectivity index (χ1v) is 6.11. The van der Waals surface area contributed by atoms with Crippen LogP contribution in [-0.4, -0.2) is 6.18 Å². The van der Waals surface area contributed by atoms with Gasteiger partial charge in [-0.2, -0.15) is 13.2 Å². The highest BCUT2D eigenvalue weighted by atomic mass is 19.4. The molecule has 19 heavy (non-hydrogen) atoms. The summed E-state index contributed by atoms with van der Waals surface area (Å²) in [7, 11) is 0. The number of benzene rings is 2. The number of halogens is 3. The Hall–Kier alpha value is -1.77. The molecule has 2 aromatic rings. The number of aryl methyl sites for hydroxylation is 1. The zero-order valence-corrected chi connectivity index (χ0v) is 10.8. The maximum atomic E-state index is 12.6. The van der Waals surface area contributed by atoms with E-state index in [0.29, 0.717) is 5.56 Å². The smallest absolute Gasteiger partial charge is 0.170 e. The van der Waals surface area contributed by atoms with Crippen molar-refractivity contribution in [2.45, 2.75) is 25.9 Å². The highest BCUT2D eigenvalue weighted by Crippen LogP contribution is 2.34. The lowest BCUT2D eigenvalue weighted by Crippen LogP contribution is -2.17. The lowest BCUT2D eigenvalue weighted by molar-refractivity contribution is -0.146. The van der Waals surface area contributed by atoms with Crippen LogP contribution in [-0.2, 0) is 0 Å². The molecule has 0 aliphatic carbocycles. The summed E-state index contributed by atoms with van der Waals surface area (Å²) < 4.78 is 37.8. The van der Waals surface area contributed by atoms with Gasteiger partial charge in [-0.3, -0.25) is 0 Å². The van der Waals surface area contributed by atoms with Crippen LogP contribution in [0, 0.1) is 6.92 Å². The first-order valence-electron chi connectivity index (χ1n) is 6.11. The van der Waals surface area contributed by atoms with Crippen LogP contribution in [0.2, 0.25) is 0 Å². The van der Waals surface area contributed by atoms with E-state index in [0.717, 1.165) is 16.7 Å². The molecule has 100 valence electrons. The van der Waals surface area contributed by atoms with Crippen LogP contribution in [0.15, 0.2) is 48.5 Å². The Balaban J connectivity index is 2.26. The van der Waals surface area contributed by atoms with Crippen LogP contribution in [0.1, 0.15) is 24.0 Å². The summed E-state index contributed by atoms with van der Waals surface area (Å²) in [5.74, 6) is -1.43. The van der Waals surface area contributed by atoms with Crippen LogP contribution >= 0.6 is 0 Å². The Morgan fingerprint density at radius 2 is 1.21 bits per heavy atom. The second kappa shape index (κ2) is 5.08. The molecule has 0 N–H and O–H groups in total. The van der Waals surface area contributed by atoms with Gasteiger partial charge in [-0.05, 0) is 30.5 Å². The van der Waals surface area contributed by atoms with E-state index in [9.17, 15) is 13.2 Å². The van der Waals surface area contributed by atoms with Gasteiger partial charge >= 0.3 is 6.18 Å². The van der Waals surface area contributed by atoms with Crippen molar-refractivity contribution in [3.05, 3.63) is 59.7 Å². The van der Waals surface area contributed by atoms with Gasteiger partial charge in [-0.1, -0.05) is 54.1 Å². The Kier molecular flexibility index (Phi) is 3.65. The molecule has 3 heteroatoms. The monoisotopic (exact) mass is 264 g/mol. The average Bonchev–Trinajstić information content (AvgIpc) is 2.38. The van der Waals surface area contributed by atoms with Crippen LogP contribution in [0.4, 0.5) is 13.2 Å². The summed E-state index contributed by atoms with van der Waals surface area (Å²) in [4.78, 5) is 0. The van der Waals surface area contributed by atoms with Gasteiger partial charge in [0.2, 0.25) is 0 Å². The molecule has 2 rings (SSSR count). The quantitative estimate of drug-likeness (QED) is 0.688. The Bertz CT molecular complexity index is 536. The van der Waals surface area contributed by atoms with Crippen molar-refractivity contribution >= 4 is 0 Å². The van der Waals surface area contributed by atoms with E-state index in [1.54, 1.807) is 24.3 Å². The molecule has 0 heterocycles. The first kappa shape index (κ1) is 13.7. The Labute approximate surface area is 110 Å². The second-order valence-electron chi connectivity index (χ2n) is 4.75. The van der Waals surface area contributed by atoms with Crippen molar-refractivity contribution in [1.29, 1.82) is 0 Å². The molecule has 0 aromatic heterocycles. The van der Waals surface area contributed by atoms with E-state index in [1.807, 2.05) is 31.2 Å². The number of rotatable bonds is 2. The lowest BCUT2D eigenvalue weighted by atomic mass is 9.97. The molecular weight excluding hydrogens is 249 g/mol. The van der Waals surface area contributed by atoms with Crippen LogP contribution in [0.5, 0.6) is 0 Å². The van der Waals surface area contributed by atoms with E-state index in [2.05, 4.69) is 0 Å². The number of hydrogen-bond donors (Lipinski definition) is 0. The molecule has 0 bridgehead atoms. The summed E-state index contributed by atoms with van der Waals surface area (Å²) in [6.07, 6.45) is -4.19. The van der Waals surface area contributed by atoms with Gasteiger partial charge in [-0.25, -0.2) is 0 Å². The lowest BCUT2D eigenvalue weighted by Gasteiger charge is -2.16. The van der Waals surface area contributed by atoms with E-state index in [-0.39, 0.29) is 0 Å². The van der Waals surface area contributed by atoms with E-state index in [4.69, 9.17) is 0 Å². The fourth-order valence-corrected chi connectivity index (χ4v) is 1.90. The number of alkyl halides is 3. The van der Waals surface area contributed by atoms with Crippen LogP contribution < -0.4 is 0 Å². The topological polar surface area (TPSA) is 0 Å². The third-order valence-corrected chi connectivity index (χ3v) is 3.29.